The maximum Gasteiger partial charge on any atom is 0.261 e. The van der Waals surface area contributed by atoms with Crippen LogP contribution < -0.4 is 19.5 Å². The summed E-state index contributed by atoms with van der Waals surface area (Å²) in [4.78, 5) is 12.4. The quantitative estimate of drug-likeness (QED) is 0.797. The Balaban J connectivity index is 1.96. The van der Waals surface area contributed by atoms with Gasteiger partial charge in [-0.1, -0.05) is 30.7 Å². The van der Waals surface area contributed by atoms with Crippen molar-refractivity contribution in [2.75, 3.05) is 14.2 Å². The molecule has 0 aliphatic rings. The van der Waals surface area contributed by atoms with Crippen LogP contribution in [0.2, 0.25) is 0 Å². The van der Waals surface area contributed by atoms with Crippen molar-refractivity contribution in [1.82, 2.24) is 5.32 Å². The van der Waals surface area contributed by atoms with Gasteiger partial charge < -0.3 is 19.5 Å². The lowest BCUT2D eigenvalue weighted by Crippen LogP contribution is -2.37. The maximum absolute atomic E-state index is 12.4. The minimum atomic E-state index is -0.525. The van der Waals surface area contributed by atoms with Crippen molar-refractivity contribution in [2.24, 2.45) is 0 Å². The molecule has 0 unspecified atom stereocenters. The van der Waals surface area contributed by atoms with E-state index in [4.69, 9.17) is 14.2 Å². The molecule has 134 valence electrons. The number of benzene rings is 2. The van der Waals surface area contributed by atoms with Crippen molar-refractivity contribution in [3.05, 3.63) is 53.6 Å². The second-order valence-corrected chi connectivity index (χ2v) is 5.73. The number of aryl methyl sites for hydroxylation is 1. The van der Waals surface area contributed by atoms with Crippen molar-refractivity contribution in [1.29, 1.82) is 0 Å². The average molecular weight is 343 g/mol. The van der Waals surface area contributed by atoms with E-state index in [9.17, 15) is 4.79 Å². The standard InChI is InChI=1S/C20H25NO4/c1-5-17(25-16-9-6-14(2)7-10-16)20(22)21-13-15-8-11-18(23-3)19(12-15)24-4/h6-12,17H,5,13H2,1-4H3,(H,21,22)/t17-/m0/s1. The summed E-state index contributed by atoms with van der Waals surface area (Å²) in [5.41, 5.74) is 2.08. The minimum absolute atomic E-state index is 0.141. The number of ether oxygens (including phenoxy) is 3. The van der Waals surface area contributed by atoms with E-state index in [0.717, 1.165) is 11.1 Å². The number of carbonyl (C=O) groups is 1. The summed E-state index contributed by atoms with van der Waals surface area (Å²) in [6, 6.07) is 13.2. The molecule has 5 heteroatoms. The zero-order chi connectivity index (χ0) is 18.2. The van der Waals surface area contributed by atoms with Crippen molar-refractivity contribution < 1.29 is 19.0 Å². The molecule has 0 aromatic heterocycles. The van der Waals surface area contributed by atoms with Crippen molar-refractivity contribution in [3.63, 3.8) is 0 Å². The van der Waals surface area contributed by atoms with E-state index in [1.165, 1.54) is 0 Å². The molecule has 2 aromatic carbocycles. The lowest BCUT2D eigenvalue weighted by Gasteiger charge is -2.18. The molecule has 2 rings (SSSR count). The van der Waals surface area contributed by atoms with Gasteiger partial charge in [-0.25, -0.2) is 0 Å². The molecule has 0 aliphatic heterocycles. The molecule has 0 radical (unpaired) electrons. The van der Waals surface area contributed by atoms with E-state index in [1.807, 2.05) is 56.3 Å². The molecule has 25 heavy (non-hydrogen) atoms. The first kappa shape index (κ1) is 18.6. The summed E-state index contributed by atoms with van der Waals surface area (Å²) in [6.45, 7) is 4.33. The molecule has 5 nitrogen and oxygen atoms in total. The molecular formula is C20H25NO4. The molecular weight excluding hydrogens is 318 g/mol. The number of rotatable bonds is 8. The molecule has 0 saturated heterocycles. The molecule has 0 saturated carbocycles. The van der Waals surface area contributed by atoms with Crippen molar-refractivity contribution in [2.45, 2.75) is 32.9 Å². The Morgan fingerprint density at radius 1 is 1.04 bits per heavy atom. The van der Waals surface area contributed by atoms with Crippen LogP contribution in [0.15, 0.2) is 42.5 Å². The molecule has 1 amide bonds. The maximum atomic E-state index is 12.4. The zero-order valence-corrected chi connectivity index (χ0v) is 15.2. The van der Waals surface area contributed by atoms with Crippen molar-refractivity contribution in [3.8, 4) is 17.2 Å². The Bertz CT molecular complexity index is 697. The third-order valence-electron chi connectivity index (χ3n) is 3.88. The highest BCUT2D eigenvalue weighted by Crippen LogP contribution is 2.27. The topological polar surface area (TPSA) is 56.8 Å². The Morgan fingerprint density at radius 3 is 2.32 bits per heavy atom. The highest BCUT2D eigenvalue weighted by molar-refractivity contribution is 5.81. The van der Waals surface area contributed by atoms with Crippen LogP contribution in [0.1, 0.15) is 24.5 Å². The fourth-order valence-electron chi connectivity index (χ4n) is 2.40. The number of hydrogen-bond acceptors (Lipinski definition) is 4. The predicted molar refractivity (Wildman–Crippen MR) is 97.3 cm³/mol. The van der Waals surface area contributed by atoms with Gasteiger partial charge in [0, 0.05) is 6.54 Å². The van der Waals surface area contributed by atoms with Crippen LogP contribution in [-0.4, -0.2) is 26.2 Å². The Hall–Kier alpha value is -2.69. The minimum Gasteiger partial charge on any atom is -0.493 e. The predicted octanol–water partition coefficient (Wildman–Crippen LogP) is 3.49. The lowest BCUT2D eigenvalue weighted by molar-refractivity contribution is -0.128. The molecule has 0 aliphatic carbocycles. The van der Waals surface area contributed by atoms with Gasteiger partial charge >= 0.3 is 0 Å². The summed E-state index contributed by atoms with van der Waals surface area (Å²) >= 11 is 0. The third-order valence-corrected chi connectivity index (χ3v) is 3.88. The third kappa shape index (κ3) is 5.14. The molecule has 0 bridgehead atoms. The van der Waals surface area contributed by atoms with Crippen LogP contribution in [0.25, 0.3) is 0 Å². The lowest BCUT2D eigenvalue weighted by atomic mass is 10.2. The zero-order valence-electron chi connectivity index (χ0n) is 15.2. The Kier molecular flexibility index (Phi) is 6.69. The molecule has 0 spiro atoms. The summed E-state index contributed by atoms with van der Waals surface area (Å²) in [7, 11) is 3.18. The van der Waals surface area contributed by atoms with E-state index in [1.54, 1.807) is 14.2 Å². The first-order valence-electron chi connectivity index (χ1n) is 8.29. The van der Waals surface area contributed by atoms with Gasteiger partial charge in [0.05, 0.1) is 14.2 Å². The van der Waals surface area contributed by atoms with Gasteiger partial charge in [-0.2, -0.15) is 0 Å². The highest BCUT2D eigenvalue weighted by Gasteiger charge is 2.18. The van der Waals surface area contributed by atoms with E-state index >= 15 is 0 Å². The van der Waals surface area contributed by atoms with E-state index in [0.29, 0.717) is 30.2 Å². The normalized spacial score (nSPS) is 11.5. The van der Waals surface area contributed by atoms with Crippen LogP contribution >= 0.6 is 0 Å². The molecule has 2 aromatic rings. The van der Waals surface area contributed by atoms with Crippen molar-refractivity contribution >= 4 is 5.91 Å². The molecule has 0 heterocycles. The largest absolute Gasteiger partial charge is 0.493 e. The second kappa shape index (κ2) is 8.97. The second-order valence-electron chi connectivity index (χ2n) is 5.73. The van der Waals surface area contributed by atoms with Crippen LogP contribution in [0.4, 0.5) is 0 Å². The number of hydrogen-bond donors (Lipinski definition) is 1. The van der Waals surface area contributed by atoms with Crippen LogP contribution in [0.5, 0.6) is 17.2 Å². The van der Waals surface area contributed by atoms with Gasteiger partial charge in [0.1, 0.15) is 5.75 Å². The SMILES string of the molecule is CC[C@H](Oc1ccc(C)cc1)C(=O)NCc1ccc(OC)c(OC)c1. The van der Waals surface area contributed by atoms with Crippen LogP contribution in [0.3, 0.4) is 0 Å². The summed E-state index contributed by atoms with van der Waals surface area (Å²) in [6.07, 6.45) is 0.0638. The fraction of sp³-hybridized carbons (Fsp3) is 0.350. The summed E-state index contributed by atoms with van der Waals surface area (Å²) < 4.78 is 16.3. The number of amides is 1. The van der Waals surface area contributed by atoms with Gasteiger partial charge in [0.25, 0.3) is 5.91 Å². The van der Waals surface area contributed by atoms with E-state index in [-0.39, 0.29) is 5.91 Å². The van der Waals surface area contributed by atoms with E-state index < -0.39 is 6.10 Å². The number of methoxy groups -OCH3 is 2. The van der Waals surface area contributed by atoms with Gasteiger partial charge in [0.15, 0.2) is 17.6 Å². The summed E-state index contributed by atoms with van der Waals surface area (Å²) in [5, 5.41) is 2.91. The first-order valence-corrected chi connectivity index (χ1v) is 8.29. The molecule has 1 atom stereocenters. The van der Waals surface area contributed by atoms with Crippen LogP contribution in [-0.2, 0) is 11.3 Å². The number of nitrogens with one attached hydrogen (secondary N) is 1. The summed E-state index contributed by atoms with van der Waals surface area (Å²) in [5.74, 6) is 1.85. The highest BCUT2D eigenvalue weighted by atomic mass is 16.5. The van der Waals surface area contributed by atoms with Gasteiger partial charge in [-0.3, -0.25) is 4.79 Å². The van der Waals surface area contributed by atoms with Gasteiger partial charge in [0.2, 0.25) is 0 Å². The Labute approximate surface area is 148 Å². The fourth-order valence-corrected chi connectivity index (χ4v) is 2.40. The van der Waals surface area contributed by atoms with Gasteiger partial charge in [-0.05, 0) is 43.2 Å². The Morgan fingerprint density at radius 2 is 1.72 bits per heavy atom. The van der Waals surface area contributed by atoms with Gasteiger partial charge in [-0.15, -0.1) is 0 Å². The molecule has 0 fully saturated rings. The average Bonchev–Trinajstić information content (AvgIpc) is 2.65. The van der Waals surface area contributed by atoms with E-state index in [2.05, 4.69) is 5.32 Å². The number of carbonyl (C=O) groups excluding carboxylic acids is 1. The monoisotopic (exact) mass is 343 g/mol. The van der Waals surface area contributed by atoms with Crippen LogP contribution in [0, 0.1) is 6.92 Å². The smallest absolute Gasteiger partial charge is 0.261 e. The first-order chi connectivity index (χ1) is 12.1. The molecule has 1 N–H and O–H groups in total.